The van der Waals surface area contributed by atoms with Crippen molar-refractivity contribution in [1.82, 2.24) is 4.98 Å². The summed E-state index contributed by atoms with van der Waals surface area (Å²) in [6.45, 7) is 0. The van der Waals surface area contributed by atoms with Crippen molar-refractivity contribution in [3.05, 3.63) is 96.2 Å². The number of para-hydroxylation sites is 3. The monoisotopic (exact) mass is 354 g/mol. The molecule has 3 aromatic carbocycles. The minimum Gasteiger partial charge on any atom is -0.351 e. The summed E-state index contributed by atoms with van der Waals surface area (Å²) in [6, 6.07) is 26.4. The fourth-order valence-corrected chi connectivity index (χ4v) is 2.84. The van der Waals surface area contributed by atoms with Gasteiger partial charge in [-0.2, -0.15) is 0 Å². The van der Waals surface area contributed by atoms with E-state index in [2.05, 4.69) is 21.7 Å². The van der Waals surface area contributed by atoms with E-state index in [1.807, 2.05) is 36.4 Å². The van der Waals surface area contributed by atoms with E-state index in [-0.39, 0.29) is 11.8 Å². The van der Waals surface area contributed by atoms with Crippen LogP contribution in [0.25, 0.3) is 10.9 Å². The lowest BCUT2D eigenvalue weighted by atomic mass is 10.1. The summed E-state index contributed by atoms with van der Waals surface area (Å²) in [5, 5.41) is 6.54. The van der Waals surface area contributed by atoms with Crippen molar-refractivity contribution in [3.63, 3.8) is 0 Å². The molecule has 2 amide bonds. The fourth-order valence-electron chi connectivity index (χ4n) is 2.84. The Hall–Kier alpha value is -3.86. The van der Waals surface area contributed by atoms with Crippen LogP contribution >= 0.6 is 0 Å². The first kappa shape index (κ1) is 16.6. The number of anilines is 2. The molecule has 1 radical (unpaired) electrons. The number of hydrogen-bond donors (Lipinski definition) is 3. The minimum absolute atomic E-state index is 0.308. The Morgan fingerprint density at radius 1 is 0.815 bits per heavy atom. The topological polar surface area (TPSA) is 74.0 Å². The number of hydrogen-bond acceptors (Lipinski definition) is 2. The molecule has 0 aliphatic rings. The van der Waals surface area contributed by atoms with Gasteiger partial charge in [0, 0.05) is 22.7 Å². The van der Waals surface area contributed by atoms with Crippen molar-refractivity contribution in [3.8, 4) is 0 Å². The number of fused-ring (bicyclic) bond motifs is 1. The van der Waals surface area contributed by atoms with E-state index >= 15 is 0 Å². The molecule has 3 N–H and O–H groups in total. The Morgan fingerprint density at radius 2 is 1.59 bits per heavy atom. The molecule has 5 nitrogen and oxygen atoms in total. The lowest BCUT2D eigenvalue weighted by Crippen LogP contribution is -2.18. The zero-order valence-electron chi connectivity index (χ0n) is 14.3. The standard InChI is InChI=1S/C22H16N3O2/c26-21(23-16-9-2-1-3-10-16)17-11-5-7-13-19(17)25-22(27)20-14-15-8-4-6-12-18(15)24-20/h1-9,11-14,24H,(H,23,26)(H,25,27). The number of aromatic amines is 1. The average Bonchev–Trinajstić information content (AvgIpc) is 3.13. The maximum absolute atomic E-state index is 12.6. The number of H-pyrrole nitrogens is 1. The first-order valence-electron chi connectivity index (χ1n) is 8.47. The zero-order chi connectivity index (χ0) is 18.6. The van der Waals surface area contributed by atoms with E-state index in [9.17, 15) is 9.59 Å². The third-order valence-corrected chi connectivity index (χ3v) is 4.15. The number of rotatable bonds is 4. The molecule has 5 heteroatoms. The van der Waals surface area contributed by atoms with Crippen LogP contribution in [-0.4, -0.2) is 16.8 Å². The van der Waals surface area contributed by atoms with Gasteiger partial charge in [-0.05, 0) is 30.3 Å². The molecular weight excluding hydrogens is 338 g/mol. The molecule has 0 spiro atoms. The van der Waals surface area contributed by atoms with Gasteiger partial charge in [-0.1, -0.05) is 48.5 Å². The Bertz CT molecular complexity index is 1080. The van der Waals surface area contributed by atoms with Crippen molar-refractivity contribution in [2.45, 2.75) is 0 Å². The third kappa shape index (κ3) is 3.57. The maximum Gasteiger partial charge on any atom is 0.272 e. The molecule has 0 fully saturated rings. The summed E-state index contributed by atoms with van der Waals surface area (Å²) in [5.41, 5.74) is 2.70. The smallest absolute Gasteiger partial charge is 0.272 e. The second-order valence-electron chi connectivity index (χ2n) is 6.00. The second kappa shape index (κ2) is 7.17. The summed E-state index contributed by atoms with van der Waals surface area (Å²) in [4.78, 5) is 28.3. The van der Waals surface area contributed by atoms with Gasteiger partial charge in [0.25, 0.3) is 11.8 Å². The fraction of sp³-hybridized carbons (Fsp3) is 0. The predicted molar refractivity (Wildman–Crippen MR) is 106 cm³/mol. The van der Waals surface area contributed by atoms with Gasteiger partial charge in [-0.25, -0.2) is 0 Å². The zero-order valence-corrected chi connectivity index (χ0v) is 14.3. The Balaban J connectivity index is 1.57. The molecule has 0 atom stereocenters. The summed E-state index contributed by atoms with van der Waals surface area (Å²) < 4.78 is 0. The highest BCUT2D eigenvalue weighted by atomic mass is 16.2. The van der Waals surface area contributed by atoms with Crippen LogP contribution in [0.1, 0.15) is 20.8 Å². The van der Waals surface area contributed by atoms with Gasteiger partial charge in [-0.15, -0.1) is 0 Å². The van der Waals surface area contributed by atoms with E-state index in [0.29, 0.717) is 22.6 Å². The molecule has 0 saturated heterocycles. The molecule has 1 heterocycles. The number of carbonyl (C=O) groups is 2. The molecule has 27 heavy (non-hydrogen) atoms. The van der Waals surface area contributed by atoms with Crippen molar-refractivity contribution < 1.29 is 9.59 Å². The summed E-state index contributed by atoms with van der Waals surface area (Å²) in [6.07, 6.45) is 0. The van der Waals surface area contributed by atoms with E-state index in [1.165, 1.54) is 0 Å². The van der Waals surface area contributed by atoms with Crippen LogP contribution in [0.15, 0.2) is 78.9 Å². The van der Waals surface area contributed by atoms with Crippen molar-refractivity contribution in [2.75, 3.05) is 10.6 Å². The molecule has 0 unspecified atom stereocenters. The molecule has 4 rings (SSSR count). The number of amides is 2. The lowest BCUT2D eigenvalue weighted by molar-refractivity contribution is 0.102. The first-order chi connectivity index (χ1) is 13.2. The van der Waals surface area contributed by atoms with Gasteiger partial charge in [0.1, 0.15) is 5.69 Å². The normalized spacial score (nSPS) is 10.5. The molecule has 0 aliphatic heterocycles. The van der Waals surface area contributed by atoms with Crippen LogP contribution in [0.3, 0.4) is 0 Å². The van der Waals surface area contributed by atoms with Gasteiger partial charge in [0.2, 0.25) is 0 Å². The molecular formula is C22H16N3O2. The largest absolute Gasteiger partial charge is 0.351 e. The highest BCUT2D eigenvalue weighted by Gasteiger charge is 2.15. The molecule has 131 valence electrons. The number of nitrogens with one attached hydrogen (secondary N) is 3. The van der Waals surface area contributed by atoms with Crippen LogP contribution in [0.4, 0.5) is 11.4 Å². The Labute approximate surface area is 156 Å². The highest BCUT2D eigenvalue weighted by molar-refractivity contribution is 6.12. The van der Waals surface area contributed by atoms with Gasteiger partial charge < -0.3 is 15.6 Å². The summed E-state index contributed by atoms with van der Waals surface area (Å²) >= 11 is 0. The SMILES string of the molecule is O=C(Nc1ccccc1C(=O)Nc1[c]cccc1)c1cc2ccccc2[nH]1. The van der Waals surface area contributed by atoms with Gasteiger partial charge >= 0.3 is 0 Å². The van der Waals surface area contributed by atoms with Gasteiger partial charge in [0.05, 0.1) is 11.3 Å². The number of carbonyl (C=O) groups excluding carboxylic acids is 2. The Kier molecular flexibility index (Phi) is 4.41. The van der Waals surface area contributed by atoms with Crippen LogP contribution in [0, 0.1) is 6.07 Å². The predicted octanol–water partition coefficient (Wildman–Crippen LogP) is 4.47. The number of aromatic nitrogens is 1. The van der Waals surface area contributed by atoms with Crippen molar-refractivity contribution in [2.24, 2.45) is 0 Å². The quantitative estimate of drug-likeness (QED) is 0.506. The van der Waals surface area contributed by atoms with E-state index in [1.54, 1.807) is 42.5 Å². The Morgan fingerprint density at radius 3 is 2.41 bits per heavy atom. The van der Waals surface area contributed by atoms with Crippen LogP contribution in [-0.2, 0) is 0 Å². The van der Waals surface area contributed by atoms with Crippen LogP contribution < -0.4 is 10.6 Å². The van der Waals surface area contributed by atoms with E-state index < -0.39 is 0 Å². The summed E-state index contributed by atoms with van der Waals surface area (Å²) in [7, 11) is 0. The molecule has 0 aliphatic carbocycles. The summed E-state index contributed by atoms with van der Waals surface area (Å²) in [5.74, 6) is -0.622. The molecule has 1 aromatic heterocycles. The highest BCUT2D eigenvalue weighted by Crippen LogP contribution is 2.20. The van der Waals surface area contributed by atoms with E-state index in [4.69, 9.17) is 0 Å². The number of benzene rings is 3. The second-order valence-corrected chi connectivity index (χ2v) is 6.00. The van der Waals surface area contributed by atoms with Crippen molar-refractivity contribution in [1.29, 1.82) is 0 Å². The third-order valence-electron chi connectivity index (χ3n) is 4.15. The molecule has 0 saturated carbocycles. The van der Waals surface area contributed by atoms with Crippen LogP contribution in [0.2, 0.25) is 0 Å². The first-order valence-corrected chi connectivity index (χ1v) is 8.47. The van der Waals surface area contributed by atoms with Gasteiger partial charge in [0.15, 0.2) is 0 Å². The van der Waals surface area contributed by atoms with Crippen LogP contribution in [0.5, 0.6) is 0 Å². The lowest BCUT2D eigenvalue weighted by Gasteiger charge is -2.11. The van der Waals surface area contributed by atoms with Crippen molar-refractivity contribution >= 4 is 34.1 Å². The maximum atomic E-state index is 12.6. The minimum atomic E-state index is -0.315. The van der Waals surface area contributed by atoms with E-state index in [0.717, 1.165) is 10.9 Å². The average molecular weight is 354 g/mol. The molecule has 0 bridgehead atoms. The van der Waals surface area contributed by atoms with Gasteiger partial charge in [-0.3, -0.25) is 9.59 Å². The molecule has 4 aromatic rings.